The van der Waals surface area contributed by atoms with E-state index < -0.39 is 6.10 Å². The molecule has 0 rings (SSSR count). The van der Waals surface area contributed by atoms with E-state index in [2.05, 4.69) is 5.43 Å². The molecule has 4 nitrogen and oxygen atoms in total. The summed E-state index contributed by atoms with van der Waals surface area (Å²) in [6.45, 7) is 5.33. The molecule has 72 valence electrons. The lowest BCUT2D eigenvalue weighted by Gasteiger charge is -2.17. The second-order valence-electron chi connectivity index (χ2n) is 2.73. The van der Waals surface area contributed by atoms with Crippen LogP contribution in [0.2, 0.25) is 0 Å². The summed E-state index contributed by atoms with van der Waals surface area (Å²) in [6.07, 6.45) is -0.414. The van der Waals surface area contributed by atoms with Crippen LogP contribution in [0.25, 0.3) is 0 Å². The molecule has 0 aromatic rings. The molecule has 3 unspecified atom stereocenters. The van der Waals surface area contributed by atoms with Crippen LogP contribution in [-0.4, -0.2) is 27.6 Å². The fourth-order valence-corrected chi connectivity index (χ4v) is 1.68. The van der Waals surface area contributed by atoms with E-state index in [1.165, 1.54) is 11.8 Å². The van der Waals surface area contributed by atoms with E-state index in [1.54, 1.807) is 13.8 Å². The van der Waals surface area contributed by atoms with Gasteiger partial charge in [0.05, 0.1) is 11.4 Å². The van der Waals surface area contributed by atoms with Crippen LogP contribution in [0.3, 0.4) is 0 Å². The highest BCUT2D eigenvalue weighted by Crippen LogP contribution is 2.19. The molecule has 1 amide bonds. The van der Waals surface area contributed by atoms with E-state index in [-0.39, 0.29) is 16.4 Å². The molecule has 0 aromatic heterocycles. The zero-order valence-corrected chi connectivity index (χ0v) is 8.39. The van der Waals surface area contributed by atoms with E-state index in [1.807, 2.05) is 6.92 Å². The smallest absolute Gasteiger partial charge is 0.246 e. The van der Waals surface area contributed by atoms with Crippen molar-refractivity contribution in [2.75, 3.05) is 0 Å². The predicted octanol–water partition coefficient (Wildman–Crippen LogP) is -0.133. The van der Waals surface area contributed by atoms with Crippen LogP contribution in [0.5, 0.6) is 0 Å². The third-order valence-electron chi connectivity index (χ3n) is 1.61. The zero-order valence-electron chi connectivity index (χ0n) is 7.57. The molecule has 0 bridgehead atoms. The lowest BCUT2D eigenvalue weighted by molar-refractivity contribution is -0.120. The highest BCUT2D eigenvalue weighted by molar-refractivity contribution is 8.01. The largest absolute Gasteiger partial charge is 0.392 e. The van der Waals surface area contributed by atoms with Crippen LogP contribution in [0.4, 0.5) is 0 Å². The summed E-state index contributed by atoms with van der Waals surface area (Å²) < 4.78 is 0. The van der Waals surface area contributed by atoms with Crippen LogP contribution >= 0.6 is 11.8 Å². The van der Waals surface area contributed by atoms with Gasteiger partial charge in [-0.25, -0.2) is 5.84 Å². The van der Waals surface area contributed by atoms with Gasteiger partial charge >= 0.3 is 0 Å². The van der Waals surface area contributed by atoms with E-state index in [0.29, 0.717) is 0 Å². The highest BCUT2D eigenvalue weighted by Gasteiger charge is 2.18. The number of nitrogens with one attached hydrogen (secondary N) is 1. The summed E-state index contributed by atoms with van der Waals surface area (Å²) in [5, 5.41) is 8.96. The third kappa shape index (κ3) is 3.94. The van der Waals surface area contributed by atoms with Crippen molar-refractivity contribution in [3.05, 3.63) is 0 Å². The number of hydrazine groups is 1. The molecule has 0 heterocycles. The molecule has 0 aromatic carbocycles. The van der Waals surface area contributed by atoms with Crippen LogP contribution in [0, 0.1) is 0 Å². The van der Waals surface area contributed by atoms with Gasteiger partial charge in [0.1, 0.15) is 0 Å². The number of carbonyl (C=O) groups excluding carboxylic acids is 1. The van der Waals surface area contributed by atoms with Crippen LogP contribution < -0.4 is 11.3 Å². The molecule has 0 radical (unpaired) electrons. The molecule has 0 aliphatic heterocycles. The Balaban J connectivity index is 3.83. The van der Waals surface area contributed by atoms with Crippen LogP contribution in [0.15, 0.2) is 0 Å². The Bertz CT molecular complexity index is 152. The van der Waals surface area contributed by atoms with Gasteiger partial charge in [-0.05, 0) is 13.8 Å². The standard InChI is InChI=1S/C7H16N2O2S/c1-4(10)5(2)12-6(3)7(11)9-8/h4-6,10H,8H2,1-3H3,(H,9,11). The minimum Gasteiger partial charge on any atom is -0.392 e. The monoisotopic (exact) mass is 192 g/mol. The molecule has 0 aliphatic rings. The van der Waals surface area contributed by atoms with E-state index >= 15 is 0 Å². The number of carbonyl (C=O) groups is 1. The molecule has 3 atom stereocenters. The van der Waals surface area contributed by atoms with Crippen LogP contribution in [-0.2, 0) is 4.79 Å². The van der Waals surface area contributed by atoms with Crippen molar-refractivity contribution in [1.29, 1.82) is 0 Å². The lowest BCUT2D eigenvalue weighted by atomic mass is 10.3. The number of nitrogens with two attached hydrogens (primary N) is 1. The first kappa shape index (κ1) is 11.7. The number of aliphatic hydroxyl groups is 1. The molecular weight excluding hydrogens is 176 g/mol. The third-order valence-corrected chi connectivity index (χ3v) is 3.06. The predicted molar refractivity (Wildman–Crippen MR) is 50.5 cm³/mol. The Kier molecular flexibility index (Phi) is 5.28. The van der Waals surface area contributed by atoms with Gasteiger partial charge in [-0.1, -0.05) is 6.92 Å². The van der Waals surface area contributed by atoms with Crippen molar-refractivity contribution in [3.8, 4) is 0 Å². The van der Waals surface area contributed by atoms with Gasteiger partial charge in [0, 0.05) is 5.25 Å². The first-order valence-corrected chi connectivity index (χ1v) is 4.77. The topological polar surface area (TPSA) is 75.3 Å². The maximum atomic E-state index is 10.9. The molecule has 5 heteroatoms. The van der Waals surface area contributed by atoms with Gasteiger partial charge in [0.25, 0.3) is 0 Å². The lowest BCUT2D eigenvalue weighted by Crippen LogP contribution is -2.37. The van der Waals surface area contributed by atoms with Crippen molar-refractivity contribution in [1.82, 2.24) is 5.43 Å². The number of rotatable bonds is 4. The Labute approximate surface area is 76.9 Å². The zero-order chi connectivity index (χ0) is 9.72. The van der Waals surface area contributed by atoms with Gasteiger partial charge in [0.15, 0.2) is 0 Å². The fourth-order valence-electron chi connectivity index (χ4n) is 0.615. The summed E-state index contributed by atoms with van der Waals surface area (Å²) >= 11 is 1.40. The second kappa shape index (κ2) is 5.40. The Morgan fingerprint density at radius 1 is 1.50 bits per heavy atom. The second-order valence-corrected chi connectivity index (χ2v) is 4.46. The van der Waals surface area contributed by atoms with Crippen molar-refractivity contribution in [3.63, 3.8) is 0 Å². The molecule has 0 spiro atoms. The first-order chi connectivity index (χ1) is 5.49. The molecule has 4 N–H and O–H groups in total. The van der Waals surface area contributed by atoms with E-state index in [4.69, 9.17) is 10.9 Å². The van der Waals surface area contributed by atoms with E-state index in [9.17, 15) is 4.79 Å². The molecule has 0 saturated carbocycles. The molecule has 0 aliphatic carbocycles. The number of amides is 1. The van der Waals surface area contributed by atoms with Gasteiger partial charge in [-0.2, -0.15) is 0 Å². The number of aliphatic hydroxyl groups excluding tert-OH is 1. The minimum absolute atomic E-state index is 0.0392. The van der Waals surface area contributed by atoms with Gasteiger partial charge in [0.2, 0.25) is 5.91 Å². The summed E-state index contributed by atoms with van der Waals surface area (Å²) in [6, 6.07) is 0. The van der Waals surface area contributed by atoms with Crippen molar-refractivity contribution in [2.45, 2.75) is 37.4 Å². The first-order valence-electron chi connectivity index (χ1n) is 3.83. The number of hydrogen-bond acceptors (Lipinski definition) is 4. The van der Waals surface area contributed by atoms with Gasteiger partial charge in [-0.3, -0.25) is 10.2 Å². The van der Waals surface area contributed by atoms with Crippen LogP contribution in [0.1, 0.15) is 20.8 Å². The minimum atomic E-state index is -0.414. The maximum absolute atomic E-state index is 10.9. The fraction of sp³-hybridized carbons (Fsp3) is 0.857. The SMILES string of the molecule is CC(SC(C)C(C)O)C(=O)NN. The summed E-state index contributed by atoms with van der Waals surface area (Å²) in [7, 11) is 0. The number of hydrogen-bond donors (Lipinski definition) is 3. The van der Waals surface area contributed by atoms with Gasteiger partial charge in [-0.15, -0.1) is 11.8 Å². The number of thioether (sulfide) groups is 1. The summed E-state index contributed by atoms with van der Waals surface area (Å²) in [5.74, 6) is 4.73. The highest BCUT2D eigenvalue weighted by atomic mass is 32.2. The van der Waals surface area contributed by atoms with E-state index in [0.717, 1.165) is 0 Å². The normalized spacial score (nSPS) is 18.1. The Morgan fingerprint density at radius 2 is 2.00 bits per heavy atom. The average molecular weight is 192 g/mol. The summed E-state index contributed by atoms with van der Waals surface area (Å²) in [4.78, 5) is 10.9. The van der Waals surface area contributed by atoms with Crippen molar-refractivity contribution in [2.24, 2.45) is 5.84 Å². The average Bonchev–Trinajstić information content (AvgIpc) is 2.02. The molecule has 0 saturated heterocycles. The summed E-state index contributed by atoms with van der Waals surface area (Å²) in [5.41, 5.74) is 2.07. The van der Waals surface area contributed by atoms with Crippen molar-refractivity contribution < 1.29 is 9.90 Å². The van der Waals surface area contributed by atoms with Crippen molar-refractivity contribution >= 4 is 17.7 Å². The Hall–Kier alpha value is -0.260. The molecular formula is C7H16N2O2S. The van der Waals surface area contributed by atoms with Gasteiger partial charge < -0.3 is 5.11 Å². The Morgan fingerprint density at radius 3 is 2.33 bits per heavy atom. The quantitative estimate of drug-likeness (QED) is 0.329. The molecule has 12 heavy (non-hydrogen) atoms. The maximum Gasteiger partial charge on any atom is 0.246 e. The molecule has 0 fully saturated rings.